The van der Waals surface area contributed by atoms with Crippen molar-refractivity contribution in [1.29, 1.82) is 0 Å². The van der Waals surface area contributed by atoms with Crippen LogP contribution in [0.25, 0.3) is 0 Å². The van der Waals surface area contributed by atoms with Gasteiger partial charge >= 0.3 is 5.97 Å². The third-order valence-corrected chi connectivity index (χ3v) is 3.64. The Morgan fingerprint density at radius 2 is 1.85 bits per heavy atom. The second-order valence-corrected chi connectivity index (χ2v) is 5.63. The molecule has 1 N–H and O–H groups in total. The molecule has 0 heterocycles. The summed E-state index contributed by atoms with van der Waals surface area (Å²) in [6.07, 6.45) is 5.37. The van der Waals surface area contributed by atoms with Crippen molar-refractivity contribution in [2.24, 2.45) is 0 Å². The Morgan fingerprint density at radius 3 is 2.40 bits per heavy atom. The smallest absolute Gasteiger partial charge is 0.331 e. The zero-order valence-electron chi connectivity index (χ0n) is 13.2. The van der Waals surface area contributed by atoms with E-state index in [0.29, 0.717) is 0 Å². The van der Waals surface area contributed by atoms with Gasteiger partial charge in [-0.25, -0.2) is 4.79 Å². The zero-order chi connectivity index (χ0) is 15.0. The molecule has 3 nitrogen and oxygen atoms in total. The number of esters is 1. The number of hydrogen-bond donors (Lipinski definition) is 1. The highest BCUT2D eigenvalue weighted by molar-refractivity contribution is 5.83. The molecule has 0 saturated carbocycles. The number of rotatable bonds is 8. The molecule has 0 spiro atoms. The fourth-order valence-corrected chi connectivity index (χ4v) is 2.30. The van der Waals surface area contributed by atoms with Crippen LogP contribution in [-0.2, 0) is 9.53 Å². The van der Waals surface area contributed by atoms with Gasteiger partial charge in [0.15, 0.2) is 0 Å². The summed E-state index contributed by atoms with van der Waals surface area (Å²) in [5.41, 5.74) is 1.51. The van der Waals surface area contributed by atoms with E-state index in [1.54, 1.807) is 0 Å². The molecule has 3 heteroatoms. The fourth-order valence-electron chi connectivity index (χ4n) is 2.30. The Labute approximate surface area is 122 Å². The standard InChI is InChI=1S/C17H27NO2/c1-5-6-7-8-13-17(3,16(19)20-4)18-15-11-9-14(2)10-12-15/h9-12,18H,5-8,13H2,1-4H3. The highest BCUT2D eigenvalue weighted by Gasteiger charge is 2.33. The molecule has 0 fully saturated rings. The number of benzene rings is 1. The number of ether oxygens (including phenoxy) is 1. The number of methoxy groups -OCH3 is 1. The average Bonchev–Trinajstić information content (AvgIpc) is 2.45. The number of anilines is 1. The summed E-state index contributed by atoms with van der Waals surface area (Å²) in [6, 6.07) is 8.08. The summed E-state index contributed by atoms with van der Waals surface area (Å²) in [5.74, 6) is -0.199. The summed E-state index contributed by atoms with van der Waals surface area (Å²) >= 11 is 0. The number of carbonyl (C=O) groups excluding carboxylic acids is 1. The lowest BCUT2D eigenvalue weighted by Crippen LogP contribution is -2.44. The molecule has 0 bridgehead atoms. The molecule has 0 radical (unpaired) electrons. The van der Waals surface area contributed by atoms with Gasteiger partial charge < -0.3 is 10.1 Å². The molecule has 0 saturated heterocycles. The molecule has 0 aliphatic carbocycles. The minimum absolute atomic E-state index is 0.199. The lowest BCUT2D eigenvalue weighted by molar-refractivity contribution is -0.145. The van der Waals surface area contributed by atoms with Crippen LogP contribution in [-0.4, -0.2) is 18.6 Å². The van der Waals surface area contributed by atoms with Crippen LogP contribution in [0.3, 0.4) is 0 Å². The van der Waals surface area contributed by atoms with Crippen LogP contribution < -0.4 is 5.32 Å². The molecule has 20 heavy (non-hydrogen) atoms. The van der Waals surface area contributed by atoms with Gasteiger partial charge in [-0.05, 0) is 32.4 Å². The first-order valence-electron chi connectivity index (χ1n) is 7.45. The van der Waals surface area contributed by atoms with Crippen molar-refractivity contribution >= 4 is 11.7 Å². The Balaban J connectivity index is 2.72. The largest absolute Gasteiger partial charge is 0.467 e. The quantitative estimate of drug-likeness (QED) is 0.568. The second-order valence-electron chi connectivity index (χ2n) is 5.63. The van der Waals surface area contributed by atoms with E-state index in [4.69, 9.17) is 4.74 Å². The van der Waals surface area contributed by atoms with Crippen molar-refractivity contribution in [1.82, 2.24) is 0 Å². The summed E-state index contributed by atoms with van der Waals surface area (Å²) < 4.78 is 4.97. The van der Waals surface area contributed by atoms with Crippen molar-refractivity contribution in [3.8, 4) is 0 Å². The van der Waals surface area contributed by atoms with E-state index in [2.05, 4.69) is 12.2 Å². The van der Waals surface area contributed by atoms with Gasteiger partial charge in [-0.15, -0.1) is 0 Å². The molecule has 112 valence electrons. The number of aryl methyl sites for hydroxylation is 1. The van der Waals surface area contributed by atoms with Gasteiger partial charge in [0.2, 0.25) is 0 Å². The first-order valence-corrected chi connectivity index (χ1v) is 7.45. The molecule has 1 rings (SSSR count). The predicted octanol–water partition coefficient (Wildman–Crippen LogP) is 4.31. The Kier molecular flexibility index (Phi) is 6.56. The van der Waals surface area contributed by atoms with E-state index < -0.39 is 5.54 Å². The maximum Gasteiger partial charge on any atom is 0.331 e. The van der Waals surface area contributed by atoms with E-state index in [-0.39, 0.29) is 5.97 Å². The SMILES string of the molecule is CCCCCCC(C)(Nc1ccc(C)cc1)C(=O)OC. The zero-order valence-corrected chi connectivity index (χ0v) is 13.2. The van der Waals surface area contributed by atoms with Crippen LogP contribution in [0, 0.1) is 6.92 Å². The monoisotopic (exact) mass is 277 g/mol. The van der Waals surface area contributed by atoms with Crippen LogP contribution >= 0.6 is 0 Å². The third-order valence-electron chi connectivity index (χ3n) is 3.64. The Morgan fingerprint density at radius 1 is 1.20 bits per heavy atom. The minimum atomic E-state index is -0.655. The van der Waals surface area contributed by atoms with Crippen LogP contribution in [0.1, 0.15) is 51.5 Å². The van der Waals surface area contributed by atoms with Gasteiger partial charge in [0.05, 0.1) is 7.11 Å². The highest BCUT2D eigenvalue weighted by atomic mass is 16.5. The Bertz CT molecular complexity index is 414. The number of carbonyl (C=O) groups is 1. The molecule has 0 amide bonds. The van der Waals surface area contributed by atoms with Gasteiger partial charge in [0.25, 0.3) is 0 Å². The molecule has 0 aliphatic heterocycles. The van der Waals surface area contributed by atoms with Crippen LogP contribution in [0.4, 0.5) is 5.69 Å². The summed E-state index contributed by atoms with van der Waals surface area (Å²) in [7, 11) is 1.45. The summed E-state index contributed by atoms with van der Waals surface area (Å²) in [4.78, 5) is 12.1. The Hall–Kier alpha value is -1.51. The topological polar surface area (TPSA) is 38.3 Å². The lowest BCUT2D eigenvalue weighted by Gasteiger charge is -2.29. The first-order chi connectivity index (χ1) is 9.51. The number of hydrogen-bond acceptors (Lipinski definition) is 3. The highest BCUT2D eigenvalue weighted by Crippen LogP contribution is 2.23. The first kappa shape index (κ1) is 16.5. The average molecular weight is 277 g/mol. The van der Waals surface area contributed by atoms with Crippen molar-refractivity contribution in [3.63, 3.8) is 0 Å². The van der Waals surface area contributed by atoms with Crippen LogP contribution in [0.2, 0.25) is 0 Å². The van der Waals surface area contributed by atoms with Gasteiger partial charge in [-0.3, -0.25) is 0 Å². The molecule has 1 aromatic rings. The van der Waals surface area contributed by atoms with Gasteiger partial charge in [0.1, 0.15) is 5.54 Å². The van der Waals surface area contributed by atoms with E-state index in [9.17, 15) is 4.79 Å². The molecule has 1 atom stereocenters. The summed E-state index contributed by atoms with van der Waals surface area (Å²) in [5, 5.41) is 3.34. The molecule has 0 aromatic heterocycles. The lowest BCUT2D eigenvalue weighted by atomic mass is 9.93. The van der Waals surface area contributed by atoms with Gasteiger partial charge in [-0.1, -0.05) is 50.3 Å². The van der Waals surface area contributed by atoms with Crippen molar-refractivity contribution in [2.75, 3.05) is 12.4 Å². The minimum Gasteiger partial charge on any atom is -0.467 e. The van der Waals surface area contributed by atoms with Crippen molar-refractivity contribution in [3.05, 3.63) is 29.8 Å². The van der Waals surface area contributed by atoms with E-state index in [0.717, 1.165) is 24.9 Å². The maximum atomic E-state index is 12.1. The van der Waals surface area contributed by atoms with Crippen molar-refractivity contribution < 1.29 is 9.53 Å². The second kappa shape index (κ2) is 7.93. The van der Waals surface area contributed by atoms with Crippen molar-refractivity contribution in [2.45, 2.75) is 58.4 Å². The van der Waals surface area contributed by atoms with E-state index in [1.807, 2.05) is 38.1 Å². The van der Waals surface area contributed by atoms with Gasteiger partial charge in [0, 0.05) is 5.69 Å². The fraction of sp³-hybridized carbons (Fsp3) is 0.588. The van der Waals surface area contributed by atoms with Crippen LogP contribution in [0.5, 0.6) is 0 Å². The van der Waals surface area contributed by atoms with Crippen LogP contribution in [0.15, 0.2) is 24.3 Å². The molecular weight excluding hydrogens is 250 g/mol. The maximum absolute atomic E-state index is 12.1. The molecule has 1 unspecified atom stereocenters. The van der Waals surface area contributed by atoms with E-state index in [1.165, 1.54) is 25.5 Å². The summed E-state index contributed by atoms with van der Waals surface area (Å²) in [6.45, 7) is 6.16. The molecular formula is C17H27NO2. The molecule has 0 aliphatic rings. The number of unbranched alkanes of at least 4 members (excludes halogenated alkanes) is 3. The number of nitrogens with one attached hydrogen (secondary N) is 1. The third kappa shape index (κ3) is 4.87. The normalized spacial score (nSPS) is 13.6. The van der Waals surface area contributed by atoms with Gasteiger partial charge in [-0.2, -0.15) is 0 Å². The van der Waals surface area contributed by atoms with E-state index >= 15 is 0 Å². The molecule has 1 aromatic carbocycles. The predicted molar refractivity (Wildman–Crippen MR) is 84.0 cm³/mol.